The predicted octanol–water partition coefficient (Wildman–Crippen LogP) is 3.23. The summed E-state index contributed by atoms with van der Waals surface area (Å²) in [5.74, 6) is -1.21. The minimum Gasteiger partial charge on any atom is -0.480 e. The van der Waals surface area contributed by atoms with E-state index in [1.165, 1.54) is 0 Å². The van der Waals surface area contributed by atoms with Crippen LogP contribution in [0.25, 0.3) is 0 Å². The molecular weight excluding hydrogens is 264 g/mol. The zero-order chi connectivity index (χ0) is 14.1. The molecule has 0 atom stereocenters. The third-order valence-corrected chi connectivity index (χ3v) is 2.41. The molecule has 0 bridgehead atoms. The van der Waals surface area contributed by atoms with Gasteiger partial charge in [-0.3, -0.25) is 9.59 Å². The van der Waals surface area contributed by atoms with Gasteiger partial charge >= 0.3 is 5.97 Å². The highest BCUT2D eigenvalue weighted by Gasteiger charge is 2.06. The molecule has 0 amide bonds. The molecule has 0 saturated carbocycles. The topological polar surface area (TPSA) is 54.4 Å². The SMILES string of the molecule is O=C(O)CCl.O=C(c1ccccc1)c1ccccc1. The third-order valence-electron chi connectivity index (χ3n) is 2.19. The molecule has 0 aliphatic rings. The lowest BCUT2D eigenvalue weighted by Gasteiger charge is -1.99. The van der Waals surface area contributed by atoms with Crippen LogP contribution in [-0.2, 0) is 4.79 Å². The minimum atomic E-state index is -0.980. The van der Waals surface area contributed by atoms with Crippen molar-refractivity contribution in [1.82, 2.24) is 0 Å². The van der Waals surface area contributed by atoms with Crippen molar-refractivity contribution in [1.29, 1.82) is 0 Å². The molecule has 2 aromatic rings. The van der Waals surface area contributed by atoms with Crippen molar-refractivity contribution < 1.29 is 14.7 Å². The largest absolute Gasteiger partial charge is 0.480 e. The fourth-order valence-corrected chi connectivity index (χ4v) is 1.35. The van der Waals surface area contributed by atoms with E-state index >= 15 is 0 Å². The van der Waals surface area contributed by atoms with E-state index in [2.05, 4.69) is 0 Å². The van der Waals surface area contributed by atoms with Gasteiger partial charge in [0.1, 0.15) is 5.88 Å². The first-order chi connectivity index (χ1) is 9.15. The number of carboxylic acids is 1. The Bertz CT molecular complexity index is 482. The van der Waals surface area contributed by atoms with E-state index in [0.717, 1.165) is 11.1 Å². The lowest BCUT2D eigenvalue weighted by Crippen LogP contribution is -1.99. The van der Waals surface area contributed by atoms with Crippen LogP contribution >= 0.6 is 11.6 Å². The van der Waals surface area contributed by atoms with Crippen LogP contribution in [0.3, 0.4) is 0 Å². The number of hydrogen-bond donors (Lipinski definition) is 1. The number of ketones is 1. The van der Waals surface area contributed by atoms with E-state index < -0.39 is 5.97 Å². The van der Waals surface area contributed by atoms with Crippen molar-refractivity contribution in [3.05, 3.63) is 71.8 Å². The molecule has 0 saturated heterocycles. The molecule has 4 heteroatoms. The number of carbonyl (C=O) groups is 2. The number of halogens is 1. The fraction of sp³-hybridized carbons (Fsp3) is 0.0667. The van der Waals surface area contributed by atoms with Crippen LogP contribution in [0.1, 0.15) is 15.9 Å². The first kappa shape index (κ1) is 14.9. The number of carbonyl (C=O) groups excluding carboxylic acids is 1. The third kappa shape index (κ3) is 5.36. The van der Waals surface area contributed by atoms with E-state index in [4.69, 9.17) is 16.7 Å². The van der Waals surface area contributed by atoms with E-state index in [0.29, 0.717) is 0 Å². The second-order valence-electron chi connectivity index (χ2n) is 3.59. The molecule has 3 nitrogen and oxygen atoms in total. The lowest BCUT2D eigenvalue weighted by molar-refractivity contribution is -0.134. The Morgan fingerprint density at radius 3 is 1.42 bits per heavy atom. The van der Waals surface area contributed by atoms with Crippen molar-refractivity contribution in [2.24, 2.45) is 0 Å². The highest BCUT2D eigenvalue weighted by Crippen LogP contribution is 2.08. The summed E-state index contributed by atoms with van der Waals surface area (Å²) in [7, 11) is 0. The maximum atomic E-state index is 11.8. The van der Waals surface area contributed by atoms with Crippen LogP contribution in [0.4, 0.5) is 0 Å². The summed E-state index contributed by atoms with van der Waals surface area (Å²) in [6.07, 6.45) is 0. The minimum absolute atomic E-state index is 0.0752. The number of benzene rings is 2. The van der Waals surface area contributed by atoms with Crippen molar-refractivity contribution in [3.8, 4) is 0 Å². The van der Waals surface area contributed by atoms with Gasteiger partial charge < -0.3 is 5.11 Å². The standard InChI is InChI=1S/C13H10O.C2H3ClO2/c14-13(11-7-3-1-4-8-11)12-9-5-2-6-10-12;3-1-2(4)5/h1-10H;1H2,(H,4,5). The summed E-state index contributed by atoms with van der Waals surface area (Å²) in [6.45, 7) is 0. The smallest absolute Gasteiger partial charge is 0.318 e. The molecule has 0 aromatic heterocycles. The molecule has 0 spiro atoms. The van der Waals surface area contributed by atoms with Gasteiger partial charge in [-0.1, -0.05) is 60.7 Å². The van der Waals surface area contributed by atoms with Crippen LogP contribution in [0.5, 0.6) is 0 Å². The van der Waals surface area contributed by atoms with Gasteiger partial charge in [-0.2, -0.15) is 0 Å². The van der Waals surface area contributed by atoms with Crippen LogP contribution in [0, 0.1) is 0 Å². The highest BCUT2D eigenvalue weighted by molar-refractivity contribution is 6.26. The van der Waals surface area contributed by atoms with Gasteiger partial charge in [-0.05, 0) is 0 Å². The average molecular weight is 277 g/mol. The summed E-state index contributed by atoms with van der Waals surface area (Å²) in [5.41, 5.74) is 1.47. The first-order valence-corrected chi connectivity index (χ1v) is 6.11. The Morgan fingerprint density at radius 1 is 0.842 bits per heavy atom. The number of aliphatic carboxylic acids is 1. The molecular formula is C15H13ClO3. The van der Waals surface area contributed by atoms with Crippen molar-refractivity contribution in [2.45, 2.75) is 0 Å². The summed E-state index contributed by atoms with van der Waals surface area (Å²) < 4.78 is 0. The zero-order valence-electron chi connectivity index (χ0n) is 10.1. The van der Waals surface area contributed by atoms with Crippen LogP contribution in [0.2, 0.25) is 0 Å². The van der Waals surface area contributed by atoms with Gasteiger partial charge in [0.15, 0.2) is 5.78 Å². The number of rotatable bonds is 3. The molecule has 19 heavy (non-hydrogen) atoms. The van der Waals surface area contributed by atoms with Gasteiger partial charge in [0, 0.05) is 11.1 Å². The quantitative estimate of drug-likeness (QED) is 0.692. The van der Waals surface area contributed by atoms with Crippen molar-refractivity contribution in [2.75, 3.05) is 5.88 Å². The van der Waals surface area contributed by atoms with Crippen LogP contribution < -0.4 is 0 Å². The number of carboxylic acid groups (broad SMARTS) is 1. The molecule has 2 aromatic carbocycles. The average Bonchev–Trinajstić information content (AvgIpc) is 2.49. The summed E-state index contributed by atoms with van der Waals surface area (Å²) in [6, 6.07) is 18.6. The Morgan fingerprint density at radius 2 is 1.16 bits per heavy atom. The van der Waals surface area contributed by atoms with Crippen molar-refractivity contribution >= 4 is 23.4 Å². The second-order valence-corrected chi connectivity index (χ2v) is 3.86. The monoisotopic (exact) mass is 276 g/mol. The molecule has 0 heterocycles. The number of hydrogen-bond acceptors (Lipinski definition) is 2. The molecule has 2 rings (SSSR count). The molecule has 98 valence electrons. The lowest BCUT2D eigenvalue weighted by atomic mass is 10.0. The van der Waals surface area contributed by atoms with Crippen LogP contribution in [0.15, 0.2) is 60.7 Å². The second kappa shape index (κ2) is 8.06. The van der Waals surface area contributed by atoms with Gasteiger partial charge in [0.05, 0.1) is 0 Å². The van der Waals surface area contributed by atoms with Gasteiger partial charge in [-0.25, -0.2) is 0 Å². The van der Waals surface area contributed by atoms with E-state index in [-0.39, 0.29) is 11.7 Å². The molecule has 0 radical (unpaired) electrons. The molecule has 1 N–H and O–H groups in total. The predicted molar refractivity (Wildman–Crippen MR) is 74.7 cm³/mol. The van der Waals surface area contributed by atoms with Gasteiger partial charge in [0.2, 0.25) is 0 Å². The fourth-order valence-electron chi connectivity index (χ4n) is 1.35. The van der Waals surface area contributed by atoms with E-state index in [1.807, 2.05) is 60.7 Å². The maximum Gasteiger partial charge on any atom is 0.318 e. The Hall–Kier alpha value is -2.13. The highest BCUT2D eigenvalue weighted by atomic mass is 35.5. The molecule has 0 unspecified atom stereocenters. The molecule has 0 aliphatic heterocycles. The Kier molecular flexibility index (Phi) is 6.33. The number of alkyl halides is 1. The summed E-state index contributed by atoms with van der Waals surface area (Å²) in [5, 5.41) is 7.59. The van der Waals surface area contributed by atoms with E-state index in [9.17, 15) is 9.59 Å². The first-order valence-electron chi connectivity index (χ1n) is 5.57. The Balaban J connectivity index is 0.000000312. The molecule has 0 fully saturated rings. The normalized spacial score (nSPS) is 9.11. The van der Waals surface area contributed by atoms with Crippen LogP contribution in [-0.4, -0.2) is 22.7 Å². The van der Waals surface area contributed by atoms with Gasteiger partial charge in [0.25, 0.3) is 0 Å². The zero-order valence-corrected chi connectivity index (χ0v) is 10.9. The summed E-state index contributed by atoms with van der Waals surface area (Å²) in [4.78, 5) is 21.1. The Labute approximate surface area is 116 Å². The summed E-state index contributed by atoms with van der Waals surface area (Å²) >= 11 is 4.74. The van der Waals surface area contributed by atoms with E-state index in [1.54, 1.807) is 0 Å². The maximum absolute atomic E-state index is 11.8. The van der Waals surface area contributed by atoms with Crippen molar-refractivity contribution in [3.63, 3.8) is 0 Å². The van der Waals surface area contributed by atoms with Gasteiger partial charge in [-0.15, -0.1) is 11.6 Å². The molecule has 0 aliphatic carbocycles.